The topological polar surface area (TPSA) is 130 Å². The quantitative estimate of drug-likeness (QED) is 0.373. The molecule has 0 aliphatic carbocycles. The summed E-state index contributed by atoms with van der Waals surface area (Å²) in [6, 6.07) is 11.2. The van der Waals surface area contributed by atoms with Gasteiger partial charge < -0.3 is 23.6 Å². The molecular weight excluding hydrogens is 408 g/mol. The van der Waals surface area contributed by atoms with E-state index < -0.39 is 4.92 Å². The normalized spacial score (nSPS) is 10.4. The summed E-state index contributed by atoms with van der Waals surface area (Å²) in [4.78, 5) is 28.4. The molecule has 1 aromatic heterocycles. The number of hydrogen-bond donors (Lipinski definition) is 0. The van der Waals surface area contributed by atoms with Crippen molar-refractivity contribution in [3.63, 3.8) is 0 Å². The number of amides is 1. The predicted molar refractivity (Wildman–Crippen MR) is 108 cm³/mol. The van der Waals surface area contributed by atoms with Crippen molar-refractivity contribution in [1.29, 1.82) is 0 Å². The summed E-state index contributed by atoms with van der Waals surface area (Å²) in [7, 11) is 4.46. The minimum atomic E-state index is -0.563. The van der Waals surface area contributed by atoms with Gasteiger partial charge >= 0.3 is 5.69 Å². The van der Waals surface area contributed by atoms with E-state index in [-0.39, 0.29) is 42.1 Å². The van der Waals surface area contributed by atoms with Crippen molar-refractivity contribution in [2.24, 2.45) is 0 Å². The molecule has 11 nitrogen and oxygen atoms in total. The van der Waals surface area contributed by atoms with E-state index in [1.807, 2.05) is 0 Å². The highest BCUT2D eigenvalue weighted by molar-refractivity contribution is 5.77. The van der Waals surface area contributed by atoms with Crippen LogP contribution in [0.5, 0.6) is 17.2 Å². The number of likely N-dealkylation sites (N-methyl/N-ethyl adjacent to an activating group) is 1. The molecule has 0 aliphatic heterocycles. The first-order valence-corrected chi connectivity index (χ1v) is 9.07. The Hall–Kier alpha value is -4.15. The number of benzene rings is 2. The molecule has 0 fully saturated rings. The van der Waals surface area contributed by atoms with Crippen LogP contribution in [0.15, 0.2) is 47.0 Å². The molecule has 0 radical (unpaired) electrons. The molecule has 0 bridgehead atoms. The number of methoxy groups -OCH3 is 2. The van der Waals surface area contributed by atoms with Crippen molar-refractivity contribution in [2.45, 2.75) is 6.54 Å². The Balaban J connectivity index is 1.57. The lowest BCUT2D eigenvalue weighted by molar-refractivity contribution is -0.385. The first-order valence-electron chi connectivity index (χ1n) is 9.07. The van der Waals surface area contributed by atoms with E-state index in [0.717, 1.165) is 5.56 Å². The second-order valence-corrected chi connectivity index (χ2v) is 6.37. The molecule has 0 spiro atoms. The number of rotatable bonds is 9. The van der Waals surface area contributed by atoms with E-state index in [1.54, 1.807) is 38.4 Å². The SMILES string of the molecule is COc1ccc(-c2noc(CN(C)C(=O)COc3ccc([N+](=O)[O-])c(OC)c3)n2)cc1. The molecule has 31 heavy (non-hydrogen) atoms. The van der Waals surface area contributed by atoms with Crippen LogP contribution in [-0.2, 0) is 11.3 Å². The first kappa shape index (κ1) is 21.6. The largest absolute Gasteiger partial charge is 0.497 e. The highest BCUT2D eigenvalue weighted by Gasteiger charge is 2.18. The van der Waals surface area contributed by atoms with Gasteiger partial charge in [0.15, 0.2) is 6.61 Å². The minimum Gasteiger partial charge on any atom is -0.497 e. The number of carbonyl (C=O) groups excluding carboxylic acids is 1. The molecule has 1 amide bonds. The molecule has 11 heteroatoms. The molecule has 3 aromatic rings. The molecule has 1 heterocycles. The summed E-state index contributed by atoms with van der Waals surface area (Å²) in [6.07, 6.45) is 0. The Kier molecular flexibility index (Phi) is 6.65. The van der Waals surface area contributed by atoms with Gasteiger partial charge in [0.25, 0.3) is 5.91 Å². The molecule has 0 unspecified atom stereocenters. The predicted octanol–water partition coefficient (Wildman–Crippen LogP) is 2.70. The van der Waals surface area contributed by atoms with Crippen LogP contribution in [0.2, 0.25) is 0 Å². The zero-order chi connectivity index (χ0) is 22.4. The summed E-state index contributed by atoms with van der Waals surface area (Å²) in [5, 5.41) is 14.9. The lowest BCUT2D eigenvalue weighted by Crippen LogP contribution is -2.31. The summed E-state index contributed by atoms with van der Waals surface area (Å²) >= 11 is 0. The van der Waals surface area contributed by atoms with Gasteiger partial charge in [0.2, 0.25) is 17.5 Å². The molecule has 0 atom stereocenters. The lowest BCUT2D eigenvalue weighted by Gasteiger charge is -2.15. The molecule has 3 rings (SSSR count). The molecule has 0 N–H and O–H groups in total. The average Bonchev–Trinajstić information content (AvgIpc) is 3.25. The van der Waals surface area contributed by atoms with Gasteiger partial charge in [0.05, 0.1) is 25.7 Å². The van der Waals surface area contributed by atoms with Crippen LogP contribution in [0.1, 0.15) is 5.89 Å². The zero-order valence-corrected chi connectivity index (χ0v) is 17.1. The highest BCUT2D eigenvalue weighted by Crippen LogP contribution is 2.30. The zero-order valence-electron chi connectivity index (χ0n) is 17.1. The smallest absolute Gasteiger partial charge is 0.311 e. The summed E-state index contributed by atoms with van der Waals surface area (Å²) in [5.41, 5.74) is 0.558. The Morgan fingerprint density at radius 3 is 2.48 bits per heavy atom. The van der Waals surface area contributed by atoms with Crippen LogP contribution in [0.3, 0.4) is 0 Å². The summed E-state index contributed by atoms with van der Waals surface area (Å²) in [5.74, 6) is 1.33. The van der Waals surface area contributed by atoms with E-state index in [4.69, 9.17) is 18.7 Å². The Bertz CT molecular complexity index is 1070. The monoisotopic (exact) mass is 428 g/mol. The van der Waals surface area contributed by atoms with Crippen molar-refractivity contribution >= 4 is 11.6 Å². The second-order valence-electron chi connectivity index (χ2n) is 6.37. The molecule has 0 saturated carbocycles. The van der Waals surface area contributed by atoms with E-state index in [0.29, 0.717) is 11.6 Å². The Labute approximate surface area is 177 Å². The molecule has 2 aromatic carbocycles. The number of aromatic nitrogens is 2. The van der Waals surface area contributed by atoms with Crippen LogP contribution in [0.25, 0.3) is 11.4 Å². The maximum absolute atomic E-state index is 12.4. The second kappa shape index (κ2) is 9.57. The van der Waals surface area contributed by atoms with Crippen molar-refractivity contribution in [2.75, 3.05) is 27.9 Å². The maximum Gasteiger partial charge on any atom is 0.311 e. The molecule has 0 aliphatic rings. The van der Waals surface area contributed by atoms with Crippen molar-refractivity contribution < 1.29 is 28.5 Å². The van der Waals surface area contributed by atoms with Gasteiger partial charge in [-0.2, -0.15) is 4.98 Å². The fourth-order valence-electron chi connectivity index (χ4n) is 2.62. The van der Waals surface area contributed by atoms with Gasteiger partial charge in [-0.15, -0.1) is 0 Å². The van der Waals surface area contributed by atoms with Gasteiger partial charge in [-0.25, -0.2) is 0 Å². The number of hydrogen-bond acceptors (Lipinski definition) is 9. The number of nitro benzene ring substituents is 1. The van der Waals surface area contributed by atoms with Crippen LogP contribution in [-0.4, -0.2) is 53.7 Å². The number of nitrogens with zero attached hydrogens (tertiary/aromatic N) is 4. The summed E-state index contributed by atoms with van der Waals surface area (Å²) < 4.78 is 20.7. The fourth-order valence-corrected chi connectivity index (χ4v) is 2.62. The van der Waals surface area contributed by atoms with Crippen LogP contribution in [0.4, 0.5) is 5.69 Å². The van der Waals surface area contributed by atoms with E-state index in [2.05, 4.69) is 10.1 Å². The third kappa shape index (κ3) is 5.26. The van der Waals surface area contributed by atoms with E-state index in [9.17, 15) is 14.9 Å². The third-order valence-electron chi connectivity index (χ3n) is 4.32. The molecule has 162 valence electrons. The minimum absolute atomic E-state index is 0.0419. The lowest BCUT2D eigenvalue weighted by atomic mass is 10.2. The van der Waals surface area contributed by atoms with E-state index in [1.165, 1.54) is 30.2 Å². The van der Waals surface area contributed by atoms with Crippen LogP contribution in [0, 0.1) is 10.1 Å². The highest BCUT2D eigenvalue weighted by atomic mass is 16.6. The van der Waals surface area contributed by atoms with Gasteiger partial charge in [-0.1, -0.05) is 5.16 Å². The van der Waals surface area contributed by atoms with Crippen molar-refractivity contribution in [3.8, 4) is 28.6 Å². The van der Waals surface area contributed by atoms with Gasteiger partial charge in [0, 0.05) is 24.7 Å². The van der Waals surface area contributed by atoms with Crippen molar-refractivity contribution in [1.82, 2.24) is 15.0 Å². The first-order chi connectivity index (χ1) is 14.9. The van der Waals surface area contributed by atoms with E-state index >= 15 is 0 Å². The van der Waals surface area contributed by atoms with Crippen LogP contribution < -0.4 is 14.2 Å². The summed E-state index contributed by atoms with van der Waals surface area (Å²) in [6.45, 7) is -0.189. The Morgan fingerprint density at radius 1 is 1.13 bits per heavy atom. The molecule has 0 saturated heterocycles. The third-order valence-corrected chi connectivity index (χ3v) is 4.32. The number of ether oxygens (including phenoxy) is 3. The fraction of sp³-hybridized carbons (Fsp3) is 0.250. The van der Waals surface area contributed by atoms with Gasteiger partial charge in [-0.05, 0) is 30.3 Å². The van der Waals surface area contributed by atoms with Gasteiger partial charge in [0.1, 0.15) is 11.5 Å². The Morgan fingerprint density at radius 2 is 1.84 bits per heavy atom. The van der Waals surface area contributed by atoms with Crippen molar-refractivity contribution in [3.05, 3.63) is 58.5 Å². The maximum atomic E-state index is 12.4. The average molecular weight is 428 g/mol. The standard InChI is InChI=1S/C20H20N4O7/c1-23(11-18-21-20(22-31-18)13-4-6-14(28-2)7-5-13)19(25)12-30-15-8-9-16(24(26)27)17(10-15)29-3/h4-10H,11-12H2,1-3H3. The van der Waals surface area contributed by atoms with Gasteiger partial charge in [-0.3, -0.25) is 14.9 Å². The van der Waals surface area contributed by atoms with Crippen LogP contribution >= 0.6 is 0 Å². The number of nitro groups is 1. The number of carbonyl (C=O) groups is 1. The molecular formula is C20H20N4O7.